The molecule has 1 nitrogen and oxygen atoms in total. The van der Waals surface area contributed by atoms with Crippen LogP contribution < -0.4 is 4.48 Å². The lowest BCUT2D eigenvalue weighted by Crippen LogP contribution is -2.52. The lowest BCUT2D eigenvalue weighted by molar-refractivity contribution is 0.252. The number of quaternary nitrogens is 1. The summed E-state index contributed by atoms with van der Waals surface area (Å²) >= 11 is 0. The molecule has 0 amide bonds. The molecule has 0 unspecified atom stereocenters. The van der Waals surface area contributed by atoms with Gasteiger partial charge >= 0.3 is 0 Å². The molecule has 0 aliphatic heterocycles. The van der Waals surface area contributed by atoms with E-state index in [-0.39, 0.29) is 0 Å². The summed E-state index contributed by atoms with van der Waals surface area (Å²) in [7, 11) is 0. The monoisotopic (exact) mass is 436 g/mol. The molecule has 0 aliphatic rings. The van der Waals surface area contributed by atoms with Gasteiger partial charge in [0.25, 0.3) is 0 Å². The molecule has 0 spiro atoms. The molecule has 1 heteroatoms. The minimum absolute atomic E-state index is 1.05. The van der Waals surface area contributed by atoms with Crippen molar-refractivity contribution in [2.45, 2.75) is 104 Å². The Morgan fingerprint density at radius 3 is 1.47 bits per heavy atom. The molecule has 0 saturated carbocycles. The van der Waals surface area contributed by atoms with Gasteiger partial charge in [-0.15, -0.1) is 0 Å². The fourth-order valence-corrected chi connectivity index (χ4v) is 5.16. The third-order valence-corrected chi connectivity index (χ3v) is 7.06. The van der Waals surface area contributed by atoms with Crippen LogP contribution in [-0.2, 0) is 6.42 Å². The smallest absolute Gasteiger partial charge is 0.136 e. The molecule has 0 aromatic heterocycles. The van der Waals surface area contributed by atoms with Crippen molar-refractivity contribution in [2.24, 2.45) is 0 Å². The van der Waals surface area contributed by atoms with Crippen LogP contribution in [-0.4, -0.2) is 19.6 Å². The van der Waals surface area contributed by atoms with Crippen LogP contribution in [0.1, 0.15) is 109 Å². The van der Waals surface area contributed by atoms with Gasteiger partial charge in [-0.3, -0.25) is 4.48 Å². The Labute approximate surface area is 199 Å². The Hall–Kier alpha value is -1.60. The highest BCUT2D eigenvalue weighted by molar-refractivity contribution is 5.52. The van der Waals surface area contributed by atoms with E-state index >= 15 is 0 Å². The van der Waals surface area contributed by atoms with Gasteiger partial charge in [-0.25, -0.2) is 0 Å². The van der Waals surface area contributed by atoms with Gasteiger partial charge in [0.2, 0.25) is 0 Å². The number of para-hydroxylation sites is 1. The van der Waals surface area contributed by atoms with E-state index in [0.717, 1.165) is 6.42 Å². The summed E-state index contributed by atoms with van der Waals surface area (Å²) in [5.41, 5.74) is 4.59. The predicted molar refractivity (Wildman–Crippen MR) is 145 cm³/mol. The van der Waals surface area contributed by atoms with E-state index in [2.05, 4.69) is 75.4 Å². The maximum atomic E-state index is 2.47. The van der Waals surface area contributed by atoms with Crippen LogP contribution in [0.3, 0.4) is 0 Å². The Morgan fingerprint density at radius 2 is 0.969 bits per heavy atom. The van der Waals surface area contributed by atoms with Crippen molar-refractivity contribution in [3.63, 3.8) is 0 Å². The van der Waals surface area contributed by atoms with E-state index in [4.69, 9.17) is 0 Å². The maximum absolute atomic E-state index is 2.47. The van der Waals surface area contributed by atoms with Crippen molar-refractivity contribution in [1.82, 2.24) is 4.48 Å². The first-order valence-corrected chi connectivity index (χ1v) is 13.7. The van der Waals surface area contributed by atoms with Crippen LogP contribution in [0.5, 0.6) is 0 Å². The molecule has 0 N–H and O–H groups in total. The van der Waals surface area contributed by atoms with E-state index < -0.39 is 0 Å². The molecule has 0 fully saturated rings. The quantitative estimate of drug-likeness (QED) is 0.161. The van der Waals surface area contributed by atoms with Gasteiger partial charge in [0.15, 0.2) is 0 Å². The Kier molecular flexibility index (Phi) is 13.4. The van der Waals surface area contributed by atoms with Gasteiger partial charge in [0.1, 0.15) is 5.69 Å². The average molecular weight is 437 g/mol. The van der Waals surface area contributed by atoms with Crippen molar-refractivity contribution in [3.05, 3.63) is 65.7 Å². The maximum Gasteiger partial charge on any atom is 0.136 e. The standard InChI is InChI=1S/C31H50N/c1-4-7-10-18-25-32(26-19-11-8-5-2,27-20-12-9-6-3)31-24-17-16-23-30(31)28-29-21-14-13-15-22-29/h13-17,21-24H,4-12,18-20,25-28H2,1-3H3/q+1. The van der Waals surface area contributed by atoms with Crippen molar-refractivity contribution in [1.29, 1.82) is 0 Å². The number of hydrogen-bond donors (Lipinski definition) is 0. The predicted octanol–water partition coefficient (Wildman–Crippen LogP) is 9.33. The van der Waals surface area contributed by atoms with Crippen LogP contribution in [0, 0.1) is 0 Å². The molecular weight excluding hydrogens is 386 g/mol. The summed E-state index contributed by atoms with van der Waals surface area (Å²) < 4.78 is 1.21. The molecule has 0 saturated heterocycles. The van der Waals surface area contributed by atoms with Crippen molar-refractivity contribution < 1.29 is 0 Å². The van der Waals surface area contributed by atoms with Gasteiger partial charge in [-0.2, -0.15) is 0 Å². The SMILES string of the molecule is CCCCCC[N+](CCCCCC)(CCCCCC)c1ccccc1Cc1ccccc1. The molecule has 0 atom stereocenters. The topological polar surface area (TPSA) is 0 Å². The van der Waals surface area contributed by atoms with Crippen LogP contribution in [0.2, 0.25) is 0 Å². The molecule has 2 rings (SSSR count). The number of nitrogens with zero attached hydrogens (tertiary/aromatic N) is 1. The van der Waals surface area contributed by atoms with E-state index in [9.17, 15) is 0 Å². The first-order valence-electron chi connectivity index (χ1n) is 13.7. The second kappa shape index (κ2) is 16.1. The van der Waals surface area contributed by atoms with Crippen LogP contribution >= 0.6 is 0 Å². The number of benzene rings is 2. The summed E-state index contributed by atoms with van der Waals surface area (Å²) in [6.45, 7) is 10.9. The molecule has 2 aromatic carbocycles. The zero-order valence-electron chi connectivity index (χ0n) is 21.5. The van der Waals surface area contributed by atoms with Crippen molar-refractivity contribution in [2.75, 3.05) is 19.6 Å². The molecule has 0 bridgehead atoms. The normalized spacial score (nSPS) is 11.7. The third-order valence-electron chi connectivity index (χ3n) is 7.06. The van der Waals surface area contributed by atoms with E-state index in [1.165, 1.54) is 107 Å². The van der Waals surface area contributed by atoms with E-state index in [1.807, 2.05) is 0 Å². The van der Waals surface area contributed by atoms with E-state index in [1.54, 1.807) is 11.3 Å². The lowest BCUT2D eigenvalue weighted by Gasteiger charge is -2.40. The Bertz CT molecular complexity index is 674. The third kappa shape index (κ3) is 9.10. The fourth-order valence-electron chi connectivity index (χ4n) is 5.16. The summed E-state index contributed by atoms with van der Waals surface area (Å²) in [5.74, 6) is 0. The Balaban J connectivity index is 2.33. The van der Waals surface area contributed by atoms with Crippen LogP contribution in [0.4, 0.5) is 5.69 Å². The molecule has 2 aromatic rings. The minimum Gasteiger partial charge on any atom is -0.291 e. The van der Waals surface area contributed by atoms with Crippen LogP contribution in [0.15, 0.2) is 54.6 Å². The number of unbranched alkanes of at least 4 members (excludes halogenated alkanes) is 9. The first-order chi connectivity index (χ1) is 15.8. The van der Waals surface area contributed by atoms with Gasteiger partial charge < -0.3 is 0 Å². The minimum atomic E-state index is 1.05. The second-order valence-electron chi connectivity index (χ2n) is 9.79. The van der Waals surface area contributed by atoms with Gasteiger partial charge in [0, 0.05) is 12.0 Å². The van der Waals surface area contributed by atoms with E-state index in [0.29, 0.717) is 0 Å². The molecule has 0 radical (unpaired) electrons. The zero-order chi connectivity index (χ0) is 22.9. The lowest BCUT2D eigenvalue weighted by atomic mass is 9.99. The molecule has 0 aliphatic carbocycles. The number of hydrogen-bond acceptors (Lipinski definition) is 0. The molecule has 0 heterocycles. The summed E-state index contributed by atoms with van der Waals surface area (Å²) in [5, 5.41) is 0. The van der Waals surface area contributed by atoms with Crippen molar-refractivity contribution in [3.8, 4) is 0 Å². The summed E-state index contributed by atoms with van der Waals surface area (Å²) in [6, 6.07) is 20.5. The average Bonchev–Trinajstić information content (AvgIpc) is 2.83. The second-order valence-corrected chi connectivity index (χ2v) is 9.79. The van der Waals surface area contributed by atoms with Gasteiger partial charge in [-0.05, 0) is 50.2 Å². The highest BCUT2D eigenvalue weighted by atomic mass is 15.4. The first kappa shape index (κ1) is 26.7. The largest absolute Gasteiger partial charge is 0.291 e. The van der Waals surface area contributed by atoms with Gasteiger partial charge in [-0.1, -0.05) is 108 Å². The Morgan fingerprint density at radius 1 is 0.500 bits per heavy atom. The highest BCUT2D eigenvalue weighted by Crippen LogP contribution is 2.32. The van der Waals surface area contributed by atoms with Crippen LogP contribution in [0.25, 0.3) is 0 Å². The molecule has 32 heavy (non-hydrogen) atoms. The van der Waals surface area contributed by atoms with Gasteiger partial charge in [0.05, 0.1) is 19.6 Å². The number of rotatable bonds is 18. The van der Waals surface area contributed by atoms with Crippen molar-refractivity contribution >= 4 is 5.69 Å². The highest BCUT2D eigenvalue weighted by Gasteiger charge is 2.31. The fraction of sp³-hybridized carbons (Fsp3) is 0.613. The summed E-state index contributed by atoms with van der Waals surface area (Å²) in [4.78, 5) is 0. The summed E-state index contributed by atoms with van der Waals surface area (Å²) in [6.07, 6.45) is 17.3. The molecule has 178 valence electrons. The molecular formula is C31H50N+. The zero-order valence-corrected chi connectivity index (χ0v) is 21.5.